The number of hydrogen-bond acceptors (Lipinski definition) is 5. The molecule has 0 saturated heterocycles. The summed E-state index contributed by atoms with van der Waals surface area (Å²) in [7, 11) is 0. The lowest BCUT2D eigenvalue weighted by Crippen LogP contribution is -2.44. The molecular weight excluding hydrogens is 352 g/mol. The van der Waals surface area contributed by atoms with Crippen molar-refractivity contribution in [3.05, 3.63) is 21.4 Å². The van der Waals surface area contributed by atoms with Gasteiger partial charge in [-0.2, -0.15) is 0 Å². The van der Waals surface area contributed by atoms with E-state index in [9.17, 15) is 14.4 Å². The monoisotopic (exact) mass is 378 g/mol. The molecule has 1 aromatic heterocycles. The summed E-state index contributed by atoms with van der Waals surface area (Å²) in [5.74, 6) is -0.421. The second-order valence-corrected chi connectivity index (χ2v) is 8.29. The summed E-state index contributed by atoms with van der Waals surface area (Å²) in [6.07, 6.45) is 8.41. The largest absolute Gasteiger partial charge is 0.451 e. The van der Waals surface area contributed by atoms with Crippen molar-refractivity contribution in [1.29, 1.82) is 0 Å². The van der Waals surface area contributed by atoms with E-state index in [2.05, 4.69) is 17.6 Å². The van der Waals surface area contributed by atoms with Crippen LogP contribution in [0.15, 0.2) is 6.07 Å². The Labute approximate surface area is 157 Å². The summed E-state index contributed by atoms with van der Waals surface area (Å²) >= 11 is 1.46. The third-order valence-corrected chi connectivity index (χ3v) is 6.46. The van der Waals surface area contributed by atoms with Crippen LogP contribution in [-0.2, 0) is 22.4 Å². The van der Waals surface area contributed by atoms with Gasteiger partial charge in [0, 0.05) is 10.9 Å². The van der Waals surface area contributed by atoms with Gasteiger partial charge >= 0.3 is 12.0 Å². The quantitative estimate of drug-likeness (QED) is 0.771. The molecule has 1 unspecified atom stereocenters. The van der Waals surface area contributed by atoms with Crippen molar-refractivity contribution in [2.24, 2.45) is 5.92 Å². The van der Waals surface area contributed by atoms with Gasteiger partial charge in [-0.25, -0.2) is 9.59 Å². The topological polar surface area (TPSA) is 84.5 Å². The molecule has 26 heavy (non-hydrogen) atoms. The van der Waals surface area contributed by atoms with Gasteiger partial charge in [0.15, 0.2) is 6.61 Å². The molecular formula is C19H26N2O4S. The van der Waals surface area contributed by atoms with Crippen molar-refractivity contribution < 1.29 is 19.1 Å². The van der Waals surface area contributed by atoms with Crippen molar-refractivity contribution in [3.8, 4) is 0 Å². The van der Waals surface area contributed by atoms with Crippen molar-refractivity contribution in [3.63, 3.8) is 0 Å². The maximum atomic E-state index is 12.2. The molecule has 142 valence electrons. The van der Waals surface area contributed by atoms with Crippen LogP contribution in [0.2, 0.25) is 0 Å². The number of thiophene rings is 1. The molecule has 0 aliphatic heterocycles. The van der Waals surface area contributed by atoms with Crippen LogP contribution >= 0.6 is 11.3 Å². The van der Waals surface area contributed by atoms with Gasteiger partial charge in [-0.05, 0) is 49.7 Å². The highest BCUT2D eigenvalue weighted by Gasteiger charge is 2.23. The molecule has 1 aromatic rings. The molecule has 7 heteroatoms. The summed E-state index contributed by atoms with van der Waals surface area (Å²) in [5, 5.41) is 4.98. The van der Waals surface area contributed by atoms with E-state index in [4.69, 9.17) is 4.74 Å². The van der Waals surface area contributed by atoms with Crippen molar-refractivity contribution in [1.82, 2.24) is 10.6 Å². The van der Waals surface area contributed by atoms with Crippen molar-refractivity contribution in [2.45, 2.75) is 64.3 Å². The SMILES string of the molecule is CCC1CCc2sc(C(=O)OCC(=O)NC(=O)NC3CCCC3)cc2C1. The molecule has 3 amide bonds. The smallest absolute Gasteiger partial charge is 0.348 e. The Hall–Kier alpha value is -1.89. The van der Waals surface area contributed by atoms with Crippen LogP contribution in [0.3, 0.4) is 0 Å². The van der Waals surface area contributed by atoms with Crippen LogP contribution in [0.25, 0.3) is 0 Å². The van der Waals surface area contributed by atoms with Crippen LogP contribution in [0, 0.1) is 5.92 Å². The number of fused-ring (bicyclic) bond motifs is 1. The molecule has 0 radical (unpaired) electrons. The minimum atomic E-state index is -0.610. The van der Waals surface area contributed by atoms with Gasteiger partial charge in [-0.15, -0.1) is 11.3 Å². The average Bonchev–Trinajstić information content (AvgIpc) is 3.27. The van der Waals surface area contributed by atoms with Crippen molar-refractivity contribution >= 4 is 29.2 Å². The number of imide groups is 1. The zero-order valence-corrected chi connectivity index (χ0v) is 16.0. The average molecular weight is 378 g/mol. The number of rotatable bonds is 5. The maximum Gasteiger partial charge on any atom is 0.348 e. The van der Waals surface area contributed by atoms with Gasteiger partial charge in [0.1, 0.15) is 4.88 Å². The zero-order chi connectivity index (χ0) is 18.5. The number of ether oxygens (including phenoxy) is 1. The molecule has 0 aromatic carbocycles. The minimum absolute atomic E-state index is 0.134. The molecule has 0 bridgehead atoms. The lowest BCUT2D eigenvalue weighted by atomic mass is 9.87. The van der Waals surface area contributed by atoms with Gasteiger partial charge in [0.25, 0.3) is 5.91 Å². The van der Waals surface area contributed by atoms with E-state index in [0.717, 1.165) is 51.4 Å². The van der Waals surface area contributed by atoms with Crippen LogP contribution in [0.5, 0.6) is 0 Å². The van der Waals surface area contributed by atoms with Gasteiger partial charge < -0.3 is 10.1 Å². The van der Waals surface area contributed by atoms with E-state index < -0.39 is 24.5 Å². The molecule has 2 N–H and O–H groups in total. The summed E-state index contributed by atoms with van der Waals surface area (Å²) in [5.41, 5.74) is 1.24. The minimum Gasteiger partial charge on any atom is -0.451 e. The first-order valence-corrected chi connectivity index (χ1v) is 10.3. The highest BCUT2D eigenvalue weighted by molar-refractivity contribution is 7.14. The Bertz CT molecular complexity index is 679. The van der Waals surface area contributed by atoms with Crippen LogP contribution in [0.1, 0.15) is 65.6 Å². The predicted octanol–water partition coefficient (Wildman–Crippen LogP) is 3.19. The number of aryl methyl sites for hydroxylation is 1. The number of nitrogens with one attached hydrogen (secondary N) is 2. The van der Waals surface area contributed by atoms with Crippen LogP contribution in [0.4, 0.5) is 4.79 Å². The highest BCUT2D eigenvalue weighted by Crippen LogP contribution is 2.33. The van der Waals surface area contributed by atoms with E-state index >= 15 is 0 Å². The fraction of sp³-hybridized carbons (Fsp3) is 0.632. The molecule has 1 fully saturated rings. The third kappa shape index (κ3) is 4.84. The fourth-order valence-corrected chi connectivity index (χ4v) is 4.81. The molecule has 1 atom stereocenters. The lowest BCUT2D eigenvalue weighted by molar-refractivity contribution is -0.123. The summed E-state index contributed by atoms with van der Waals surface area (Å²) in [4.78, 5) is 37.5. The Morgan fingerprint density at radius 1 is 1.23 bits per heavy atom. The van der Waals surface area contributed by atoms with Gasteiger partial charge in [0.05, 0.1) is 0 Å². The molecule has 6 nitrogen and oxygen atoms in total. The second kappa shape index (κ2) is 8.66. The highest BCUT2D eigenvalue weighted by atomic mass is 32.1. The molecule has 1 heterocycles. The predicted molar refractivity (Wildman–Crippen MR) is 99.3 cm³/mol. The third-order valence-electron chi connectivity index (χ3n) is 5.24. The van der Waals surface area contributed by atoms with E-state index in [1.807, 2.05) is 6.07 Å². The van der Waals surface area contributed by atoms with E-state index in [1.54, 1.807) is 0 Å². The van der Waals surface area contributed by atoms with Gasteiger partial charge in [0.2, 0.25) is 0 Å². The zero-order valence-electron chi connectivity index (χ0n) is 15.1. The number of amides is 3. The van der Waals surface area contributed by atoms with Crippen molar-refractivity contribution in [2.75, 3.05) is 6.61 Å². The Morgan fingerprint density at radius 3 is 2.73 bits per heavy atom. The number of carbonyl (C=O) groups excluding carboxylic acids is 3. The summed E-state index contributed by atoms with van der Waals surface area (Å²) < 4.78 is 5.07. The van der Waals surface area contributed by atoms with E-state index in [-0.39, 0.29) is 6.04 Å². The Kier molecular flexibility index (Phi) is 6.29. The van der Waals surface area contributed by atoms with Gasteiger partial charge in [-0.1, -0.05) is 26.2 Å². The normalized spacial score (nSPS) is 19.7. The van der Waals surface area contributed by atoms with Crippen LogP contribution < -0.4 is 10.6 Å². The number of hydrogen-bond donors (Lipinski definition) is 2. The summed E-state index contributed by atoms with van der Waals surface area (Å²) in [6, 6.07) is 1.51. The van der Waals surface area contributed by atoms with E-state index in [1.165, 1.54) is 21.8 Å². The molecule has 1 saturated carbocycles. The molecule has 2 aliphatic carbocycles. The fourth-order valence-electron chi connectivity index (χ4n) is 3.70. The Balaban J connectivity index is 1.44. The van der Waals surface area contributed by atoms with Gasteiger partial charge in [-0.3, -0.25) is 10.1 Å². The maximum absolute atomic E-state index is 12.2. The first-order valence-electron chi connectivity index (χ1n) is 9.44. The lowest BCUT2D eigenvalue weighted by Gasteiger charge is -2.19. The van der Waals surface area contributed by atoms with E-state index in [0.29, 0.717) is 10.8 Å². The standard InChI is InChI=1S/C19H26N2O4S/c1-2-12-7-8-15-13(9-12)10-16(26-15)18(23)25-11-17(22)21-19(24)20-14-5-3-4-6-14/h10,12,14H,2-9,11H2,1H3,(H2,20,21,22,24). The first-order chi connectivity index (χ1) is 12.5. The van der Waals surface area contributed by atoms with Crippen LogP contribution in [-0.4, -0.2) is 30.6 Å². The number of carbonyl (C=O) groups is 3. The first kappa shape index (κ1) is 18.9. The number of esters is 1. The molecule has 2 aliphatic rings. The summed E-state index contributed by atoms with van der Waals surface area (Å²) in [6.45, 7) is 1.75. The molecule has 0 spiro atoms. The second-order valence-electron chi connectivity index (χ2n) is 7.16. The molecule has 3 rings (SSSR count). The Morgan fingerprint density at radius 2 is 2.00 bits per heavy atom. The number of urea groups is 1.